The highest BCUT2D eigenvalue weighted by atomic mass is 15.4. The van der Waals surface area contributed by atoms with Gasteiger partial charge in [0.15, 0.2) is 0 Å². The highest BCUT2D eigenvalue weighted by Gasteiger charge is 2.42. The second kappa shape index (κ2) is 6.45. The van der Waals surface area contributed by atoms with Gasteiger partial charge in [0, 0.05) is 5.69 Å². The van der Waals surface area contributed by atoms with Gasteiger partial charge in [0.05, 0.1) is 16.9 Å². The van der Waals surface area contributed by atoms with Gasteiger partial charge in [0.2, 0.25) is 0 Å². The largest absolute Gasteiger partial charge is 0.340 e. The molecule has 0 fully saturated rings. The van der Waals surface area contributed by atoms with E-state index in [4.69, 9.17) is 0 Å². The predicted molar refractivity (Wildman–Crippen MR) is 116 cm³/mol. The summed E-state index contributed by atoms with van der Waals surface area (Å²) in [6.45, 7) is 11.4. The molecule has 0 saturated heterocycles. The van der Waals surface area contributed by atoms with Gasteiger partial charge < -0.3 is 9.80 Å². The molecule has 0 N–H and O–H groups in total. The molecule has 1 heterocycles. The smallest absolute Gasteiger partial charge is 0.104 e. The van der Waals surface area contributed by atoms with Crippen LogP contribution in [0.15, 0.2) is 72.8 Å². The summed E-state index contributed by atoms with van der Waals surface area (Å²) < 4.78 is 0. The van der Waals surface area contributed by atoms with Crippen LogP contribution in [0.1, 0.15) is 37.5 Å². The molecule has 0 bridgehead atoms. The minimum Gasteiger partial charge on any atom is -0.340 e. The summed E-state index contributed by atoms with van der Waals surface area (Å²) in [5, 5.41) is 0. The van der Waals surface area contributed by atoms with E-state index < -0.39 is 0 Å². The molecular weight excluding hydrogens is 328 g/mol. The molecule has 2 nitrogen and oxygen atoms in total. The Labute approximate surface area is 163 Å². The van der Waals surface area contributed by atoms with Crippen LogP contribution in [-0.4, -0.2) is 6.17 Å². The van der Waals surface area contributed by atoms with Crippen LogP contribution in [0.25, 0.3) is 0 Å². The molecule has 1 atom stereocenters. The Balaban J connectivity index is 1.88. The van der Waals surface area contributed by atoms with Gasteiger partial charge in [-0.15, -0.1) is 0 Å². The summed E-state index contributed by atoms with van der Waals surface area (Å²) in [5.74, 6) is 0. The van der Waals surface area contributed by atoms with E-state index in [0.29, 0.717) is 0 Å². The van der Waals surface area contributed by atoms with Crippen molar-refractivity contribution in [2.45, 2.75) is 46.3 Å². The van der Waals surface area contributed by atoms with Crippen molar-refractivity contribution in [2.24, 2.45) is 0 Å². The van der Waals surface area contributed by atoms with Crippen molar-refractivity contribution in [1.29, 1.82) is 0 Å². The van der Waals surface area contributed by atoms with Gasteiger partial charge in [-0.3, -0.25) is 0 Å². The fourth-order valence-corrected chi connectivity index (χ4v) is 4.71. The lowest BCUT2D eigenvalue weighted by molar-refractivity contribution is 0.446. The van der Waals surface area contributed by atoms with Gasteiger partial charge >= 0.3 is 0 Å². The first-order valence-electron chi connectivity index (χ1n) is 9.72. The Morgan fingerprint density at radius 1 is 0.667 bits per heavy atom. The molecule has 27 heavy (non-hydrogen) atoms. The maximum Gasteiger partial charge on any atom is 0.104 e. The van der Waals surface area contributed by atoms with Crippen LogP contribution in [0.2, 0.25) is 0 Å². The molecule has 138 valence electrons. The first-order chi connectivity index (χ1) is 12.9. The van der Waals surface area contributed by atoms with E-state index >= 15 is 0 Å². The molecule has 0 aromatic heterocycles. The number of benzene rings is 3. The number of hydrogen-bond acceptors (Lipinski definition) is 2. The average molecular weight is 357 g/mol. The molecule has 0 radical (unpaired) electrons. The zero-order chi connectivity index (χ0) is 19.2. The monoisotopic (exact) mass is 356 g/mol. The summed E-state index contributed by atoms with van der Waals surface area (Å²) >= 11 is 0. The van der Waals surface area contributed by atoms with Crippen molar-refractivity contribution in [3.8, 4) is 0 Å². The number of anilines is 3. The highest BCUT2D eigenvalue weighted by Crippen LogP contribution is 2.50. The van der Waals surface area contributed by atoms with Crippen LogP contribution >= 0.6 is 0 Å². The standard InChI is InChI=1S/C25H28N2/c1-18-12-6-8-14-21(18)25(4,5)27-20(3)26(22-15-9-7-13-19(22)2)23-16-10-11-17-24(23)27/h6-17,20H,1-5H3/t20-/m1/s1. The summed E-state index contributed by atoms with van der Waals surface area (Å²) in [4.78, 5) is 5.04. The minimum atomic E-state index is -0.127. The van der Waals surface area contributed by atoms with E-state index in [1.54, 1.807) is 0 Å². The highest BCUT2D eigenvalue weighted by molar-refractivity contribution is 5.85. The normalized spacial score (nSPS) is 16.6. The van der Waals surface area contributed by atoms with Crippen LogP contribution in [0.3, 0.4) is 0 Å². The number of rotatable bonds is 3. The van der Waals surface area contributed by atoms with Crippen LogP contribution < -0.4 is 9.80 Å². The molecule has 4 rings (SSSR count). The van der Waals surface area contributed by atoms with Crippen molar-refractivity contribution in [2.75, 3.05) is 9.80 Å². The van der Waals surface area contributed by atoms with Crippen molar-refractivity contribution in [1.82, 2.24) is 0 Å². The van der Waals surface area contributed by atoms with Gasteiger partial charge in [-0.25, -0.2) is 0 Å². The molecule has 3 aromatic rings. The van der Waals surface area contributed by atoms with Gasteiger partial charge in [-0.05, 0) is 69.5 Å². The molecule has 0 spiro atoms. The van der Waals surface area contributed by atoms with Gasteiger partial charge in [0.25, 0.3) is 0 Å². The number of hydrogen-bond donors (Lipinski definition) is 0. The third kappa shape index (κ3) is 2.71. The molecule has 0 amide bonds. The van der Waals surface area contributed by atoms with Crippen LogP contribution in [0, 0.1) is 13.8 Å². The van der Waals surface area contributed by atoms with Crippen molar-refractivity contribution >= 4 is 17.1 Å². The lowest BCUT2D eigenvalue weighted by Crippen LogP contribution is -2.49. The van der Waals surface area contributed by atoms with Crippen LogP contribution in [-0.2, 0) is 5.54 Å². The number of para-hydroxylation sites is 3. The lowest BCUT2D eigenvalue weighted by Gasteiger charge is -2.43. The van der Waals surface area contributed by atoms with Gasteiger partial charge in [-0.1, -0.05) is 54.6 Å². The van der Waals surface area contributed by atoms with E-state index in [9.17, 15) is 0 Å². The topological polar surface area (TPSA) is 6.48 Å². The van der Waals surface area contributed by atoms with Crippen LogP contribution in [0.5, 0.6) is 0 Å². The van der Waals surface area contributed by atoms with Crippen molar-refractivity contribution < 1.29 is 0 Å². The first kappa shape index (κ1) is 17.7. The average Bonchev–Trinajstić information content (AvgIpc) is 2.95. The second-order valence-electron chi connectivity index (χ2n) is 8.02. The Bertz CT molecular complexity index is 973. The fourth-order valence-electron chi connectivity index (χ4n) is 4.71. The first-order valence-corrected chi connectivity index (χ1v) is 9.72. The zero-order valence-electron chi connectivity index (χ0n) is 16.9. The molecule has 3 aromatic carbocycles. The maximum absolute atomic E-state index is 2.57. The molecule has 0 aliphatic carbocycles. The minimum absolute atomic E-state index is 0.127. The molecule has 0 saturated carbocycles. The van der Waals surface area contributed by atoms with Gasteiger partial charge in [0.1, 0.15) is 6.17 Å². The third-order valence-corrected chi connectivity index (χ3v) is 5.93. The molecule has 2 heteroatoms. The molecule has 1 aliphatic rings. The third-order valence-electron chi connectivity index (χ3n) is 5.93. The molecular formula is C25H28N2. The second-order valence-corrected chi connectivity index (χ2v) is 8.02. The Morgan fingerprint density at radius 2 is 1.19 bits per heavy atom. The van der Waals surface area contributed by atoms with E-state index in [-0.39, 0.29) is 11.7 Å². The van der Waals surface area contributed by atoms with Crippen LogP contribution in [0.4, 0.5) is 17.1 Å². The maximum atomic E-state index is 2.57. The zero-order valence-corrected chi connectivity index (χ0v) is 16.9. The summed E-state index contributed by atoms with van der Waals surface area (Å²) in [5.41, 5.74) is 7.73. The Hall–Kier alpha value is -2.74. The summed E-state index contributed by atoms with van der Waals surface area (Å²) in [7, 11) is 0. The number of nitrogens with zero attached hydrogens (tertiary/aromatic N) is 2. The number of aryl methyl sites for hydroxylation is 2. The van der Waals surface area contributed by atoms with E-state index in [0.717, 1.165) is 0 Å². The molecule has 0 unspecified atom stereocenters. The quantitative estimate of drug-likeness (QED) is 0.525. The predicted octanol–water partition coefficient (Wildman–Crippen LogP) is 6.54. The van der Waals surface area contributed by atoms with E-state index in [1.807, 2.05) is 0 Å². The SMILES string of the molecule is Cc1ccccc1N1c2ccccc2N(C(C)(C)c2ccccc2C)[C@@H]1C. The van der Waals surface area contributed by atoms with Crippen molar-refractivity contribution in [3.63, 3.8) is 0 Å². The number of fused-ring (bicyclic) bond motifs is 1. The van der Waals surface area contributed by atoms with E-state index in [1.165, 1.54) is 33.8 Å². The fraction of sp³-hybridized carbons (Fsp3) is 0.280. The van der Waals surface area contributed by atoms with Crippen molar-refractivity contribution in [3.05, 3.63) is 89.5 Å². The summed E-state index contributed by atoms with van der Waals surface area (Å²) in [6, 6.07) is 26.2. The molecule has 1 aliphatic heterocycles. The summed E-state index contributed by atoms with van der Waals surface area (Å²) in [6.07, 6.45) is 0.220. The lowest BCUT2D eigenvalue weighted by atomic mass is 9.88. The van der Waals surface area contributed by atoms with Gasteiger partial charge in [-0.2, -0.15) is 0 Å². The Morgan fingerprint density at radius 3 is 1.81 bits per heavy atom. The Kier molecular flexibility index (Phi) is 4.22. The van der Waals surface area contributed by atoms with E-state index in [2.05, 4.69) is 117 Å².